The first-order valence-corrected chi connectivity index (χ1v) is 2.96. The summed E-state index contributed by atoms with van der Waals surface area (Å²) in [6.45, 7) is 0.102. The number of primary amides is 2. The lowest BCUT2D eigenvalue weighted by Gasteiger charge is -2.19. The van der Waals surface area contributed by atoms with Gasteiger partial charge < -0.3 is 11.5 Å². The summed E-state index contributed by atoms with van der Waals surface area (Å²) in [6.07, 6.45) is 0. The largest absolute Gasteiger partial charge is 0.351 e. The molecule has 0 aliphatic heterocycles. The molecule has 11 heavy (non-hydrogen) atoms. The quantitative estimate of drug-likeness (QED) is 0.505. The molecule has 0 aliphatic carbocycles. The first-order chi connectivity index (χ1) is 4.95. The molecule has 0 heterocycles. The average molecular weight is 160 g/mol. The number of hydrogen-bond donors (Lipinski definition) is 2. The van der Waals surface area contributed by atoms with Crippen LogP contribution in [0.4, 0.5) is 9.59 Å². The fourth-order valence-corrected chi connectivity index (χ4v) is 0.531. The Kier molecular flexibility index (Phi) is 3.32. The van der Waals surface area contributed by atoms with Gasteiger partial charge in [0.05, 0.1) is 6.67 Å². The highest BCUT2D eigenvalue weighted by Crippen LogP contribution is 1.87. The molecule has 0 saturated carbocycles. The summed E-state index contributed by atoms with van der Waals surface area (Å²) in [5, 5.41) is 0. The molecule has 0 saturated heterocycles. The Morgan fingerprint density at radius 3 is 1.64 bits per heavy atom. The smallest absolute Gasteiger partial charge is 0.324 e. The first-order valence-electron chi connectivity index (χ1n) is 2.96. The lowest BCUT2D eigenvalue weighted by molar-refractivity contribution is 0.174. The van der Waals surface area contributed by atoms with E-state index in [1.165, 1.54) is 0 Å². The molecule has 0 aromatic rings. The topological polar surface area (TPSA) is 92.7 Å². The van der Waals surface area contributed by atoms with Crippen molar-refractivity contribution in [3.05, 3.63) is 0 Å². The highest BCUT2D eigenvalue weighted by Gasteiger charge is 2.15. The third-order valence-corrected chi connectivity index (χ3v) is 0.956. The number of rotatable bonds is 2. The number of urea groups is 2. The summed E-state index contributed by atoms with van der Waals surface area (Å²) in [4.78, 5) is 23.3. The Morgan fingerprint density at radius 2 is 1.55 bits per heavy atom. The normalized spacial score (nSPS) is 9.73. The molecule has 0 rings (SSSR count). The summed E-state index contributed by atoms with van der Waals surface area (Å²) in [5.41, 5.74) is 9.69. The second-order valence-corrected chi connectivity index (χ2v) is 2.33. The van der Waals surface area contributed by atoms with Crippen LogP contribution in [0.1, 0.15) is 0 Å². The van der Waals surface area contributed by atoms with E-state index in [9.17, 15) is 9.59 Å². The highest BCUT2D eigenvalue weighted by molar-refractivity contribution is 5.91. The van der Waals surface area contributed by atoms with Crippen LogP contribution in [0.25, 0.3) is 0 Å². The average Bonchev–Trinajstić information content (AvgIpc) is 1.81. The number of hydrogen-bond acceptors (Lipinski definition) is 3. The zero-order valence-electron chi connectivity index (χ0n) is 6.57. The fraction of sp³-hybridized carbons (Fsp3) is 0.600. The molecule has 0 bridgehead atoms. The van der Waals surface area contributed by atoms with Crippen LogP contribution in [-0.2, 0) is 0 Å². The number of amides is 4. The van der Waals surface area contributed by atoms with E-state index in [2.05, 4.69) is 0 Å². The van der Waals surface area contributed by atoms with Gasteiger partial charge in [-0.3, -0.25) is 4.90 Å². The molecule has 0 atom stereocenters. The van der Waals surface area contributed by atoms with Gasteiger partial charge in [0.25, 0.3) is 0 Å². The highest BCUT2D eigenvalue weighted by atomic mass is 16.2. The molecule has 0 unspecified atom stereocenters. The Morgan fingerprint density at radius 1 is 1.18 bits per heavy atom. The van der Waals surface area contributed by atoms with Crippen LogP contribution >= 0.6 is 0 Å². The van der Waals surface area contributed by atoms with E-state index >= 15 is 0 Å². The lowest BCUT2D eigenvalue weighted by Crippen LogP contribution is -2.48. The van der Waals surface area contributed by atoms with Crippen LogP contribution in [0.2, 0.25) is 0 Å². The minimum absolute atomic E-state index is 0.102. The van der Waals surface area contributed by atoms with Gasteiger partial charge in [0.2, 0.25) is 0 Å². The molecule has 0 fully saturated rings. The maximum Gasteiger partial charge on any atom is 0.324 e. The van der Waals surface area contributed by atoms with Gasteiger partial charge in [-0.05, 0) is 14.1 Å². The summed E-state index contributed by atoms with van der Waals surface area (Å²) >= 11 is 0. The van der Waals surface area contributed by atoms with Gasteiger partial charge in [-0.15, -0.1) is 0 Å². The second kappa shape index (κ2) is 3.77. The predicted octanol–water partition coefficient (Wildman–Crippen LogP) is -1.04. The summed E-state index contributed by atoms with van der Waals surface area (Å²) in [7, 11) is 3.39. The standard InChI is InChI=1S/C5H12N4O2/c1-8(2)3-9(4(6)10)5(7)11/h3H2,1-2H3,(H2,6,10)(H2,7,11). The Bertz CT molecular complexity index is 154. The number of carbonyl (C=O) groups excluding carboxylic acids is 2. The molecule has 0 aliphatic rings. The molecule has 64 valence electrons. The third kappa shape index (κ3) is 3.41. The van der Waals surface area contributed by atoms with E-state index in [-0.39, 0.29) is 6.67 Å². The van der Waals surface area contributed by atoms with Crippen molar-refractivity contribution in [2.75, 3.05) is 20.8 Å². The van der Waals surface area contributed by atoms with Crippen LogP contribution in [-0.4, -0.2) is 42.6 Å². The van der Waals surface area contributed by atoms with Gasteiger partial charge in [-0.25, -0.2) is 14.5 Å². The first kappa shape index (κ1) is 9.70. The van der Waals surface area contributed by atoms with Gasteiger partial charge in [-0.1, -0.05) is 0 Å². The van der Waals surface area contributed by atoms with Crippen LogP contribution in [0, 0.1) is 0 Å². The molecule has 0 radical (unpaired) electrons. The SMILES string of the molecule is CN(C)CN(C(N)=O)C(N)=O. The molecule has 0 aromatic heterocycles. The minimum atomic E-state index is -0.841. The van der Waals surface area contributed by atoms with Crippen molar-refractivity contribution in [3.63, 3.8) is 0 Å². The molecule has 0 spiro atoms. The predicted molar refractivity (Wildman–Crippen MR) is 39.6 cm³/mol. The van der Waals surface area contributed by atoms with Crippen LogP contribution in [0.3, 0.4) is 0 Å². The van der Waals surface area contributed by atoms with Crippen LogP contribution < -0.4 is 11.5 Å². The maximum atomic E-state index is 10.5. The third-order valence-electron chi connectivity index (χ3n) is 0.956. The van der Waals surface area contributed by atoms with Gasteiger partial charge in [0.15, 0.2) is 0 Å². The molecule has 4 amide bonds. The minimum Gasteiger partial charge on any atom is -0.351 e. The van der Waals surface area contributed by atoms with Crippen LogP contribution in [0.5, 0.6) is 0 Å². The summed E-state index contributed by atoms with van der Waals surface area (Å²) < 4.78 is 0. The Hall–Kier alpha value is -1.30. The van der Waals surface area contributed by atoms with E-state index in [0.717, 1.165) is 4.90 Å². The van der Waals surface area contributed by atoms with Crippen LogP contribution in [0.15, 0.2) is 0 Å². The lowest BCUT2D eigenvalue weighted by atomic mass is 10.7. The van der Waals surface area contributed by atoms with Gasteiger partial charge in [0.1, 0.15) is 0 Å². The van der Waals surface area contributed by atoms with Crippen molar-refractivity contribution in [2.45, 2.75) is 0 Å². The van der Waals surface area contributed by atoms with Crippen molar-refractivity contribution in [1.29, 1.82) is 0 Å². The number of nitrogens with two attached hydrogens (primary N) is 2. The van der Waals surface area contributed by atoms with Gasteiger partial charge in [-0.2, -0.15) is 0 Å². The number of imide groups is 1. The Labute approximate surface area is 64.7 Å². The fourth-order valence-electron chi connectivity index (χ4n) is 0.531. The zero-order chi connectivity index (χ0) is 9.02. The van der Waals surface area contributed by atoms with Crippen molar-refractivity contribution >= 4 is 12.1 Å². The molecule has 0 aromatic carbocycles. The van der Waals surface area contributed by atoms with Gasteiger partial charge >= 0.3 is 12.1 Å². The van der Waals surface area contributed by atoms with Crippen molar-refractivity contribution in [1.82, 2.24) is 9.80 Å². The van der Waals surface area contributed by atoms with E-state index in [1.807, 2.05) is 0 Å². The molecule has 6 nitrogen and oxygen atoms in total. The van der Waals surface area contributed by atoms with Crippen molar-refractivity contribution < 1.29 is 9.59 Å². The van der Waals surface area contributed by atoms with E-state index in [1.54, 1.807) is 19.0 Å². The summed E-state index contributed by atoms with van der Waals surface area (Å²) in [6, 6.07) is -1.68. The van der Waals surface area contributed by atoms with E-state index in [4.69, 9.17) is 11.5 Å². The zero-order valence-corrected chi connectivity index (χ0v) is 6.57. The Balaban J connectivity index is 4.12. The van der Waals surface area contributed by atoms with E-state index < -0.39 is 12.1 Å². The molecule has 6 heteroatoms. The molecular weight excluding hydrogens is 148 g/mol. The van der Waals surface area contributed by atoms with Crippen molar-refractivity contribution in [3.8, 4) is 0 Å². The second-order valence-electron chi connectivity index (χ2n) is 2.33. The summed E-state index contributed by atoms with van der Waals surface area (Å²) in [5.74, 6) is 0. The number of nitrogens with zero attached hydrogens (tertiary/aromatic N) is 2. The van der Waals surface area contributed by atoms with Crippen molar-refractivity contribution in [2.24, 2.45) is 11.5 Å². The molecule has 4 N–H and O–H groups in total. The van der Waals surface area contributed by atoms with E-state index in [0.29, 0.717) is 0 Å². The monoisotopic (exact) mass is 160 g/mol. The maximum absolute atomic E-state index is 10.5. The molecular formula is C5H12N4O2. The van der Waals surface area contributed by atoms with Gasteiger partial charge in [0, 0.05) is 0 Å². The number of carbonyl (C=O) groups is 2.